The van der Waals surface area contributed by atoms with Gasteiger partial charge in [0.25, 0.3) is 0 Å². The number of hydrogen-bond acceptors (Lipinski definition) is 5. The Morgan fingerprint density at radius 3 is 1.57 bits per heavy atom. The molecule has 0 aliphatic heterocycles. The average Bonchev–Trinajstić information content (AvgIpc) is 2.16. The highest BCUT2D eigenvalue weighted by Gasteiger charge is 2.34. The highest BCUT2D eigenvalue weighted by Crippen LogP contribution is 2.17. The molecule has 14 heavy (non-hydrogen) atoms. The predicted molar refractivity (Wildman–Crippen MR) is 54.6 cm³/mol. The lowest BCUT2D eigenvalue weighted by Gasteiger charge is -2.30. The van der Waals surface area contributed by atoms with Gasteiger partial charge < -0.3 is 18.6 Å². The van der Waals surface area contributed by atoms with Crippen LogP contribution in [0.1, 0.15) is 20.8 Å². The molecule has 5 nitrogen and oxygen atoms in total. The molecule has 6 heteroatoms. The van der Waals surface area contributed by atoms with Crippen molar-refractivity contribution in [1.29, 1.82) is 0 Å². The molecule has 0 heterocycles. The molecular weight excluding hydrogens is 204 g/mol. The van der Waals surface area contributed by atoms with Crippen molar-refractivity contribution in [2.45, 2.75) is 26.9 Å². The van der Waals surface area contributed by atoms with Crippen molar-refractivity contribution in [3.8, 4) is 0 Å². The molecule has 0 bridgehead atoms. The van der Waals surface area contributed by atoms with E-state index in [1.807, 2.05) is 20.8 Å². The van der Waals surface area contributed by atoms with E-state index < -0.39 is 6.16 Å². The second kappa shape index (κ2) is 8.34. The first kappa shape index (κ1) is 14.0. The Kier molecular flexibility index (Phi) is 8.35. The van der Waals surface area contributed by atoms with Gasteiger partial charge in [0.15, 0.2) is 0 Å². The maximum atomic E-state index is 5.28. The van der Waals surface area contributed by atoms with Crippen LogP contribution < -0.4 is 0 Å². The molecule has 0 unspecified atom stereocenters. The van der Waals surface area contributed by atoms with Crippen LogP contribution in [0.4, 0.5) is 0 Å². The standard InChI is InChI=1S/C8H20O5Si/c1-4-9-8(10-5-2,11-6-3)12-7-13-14/h4-7H2,1-3,14H3. The van der Waals surface area contributed by atoms with Crippen molar-refractivity contribution in [3.63, 3.8) is 0 Å². The van der Waals surface area contributed by atoms with Gasteiger partial charge >= 0.3 is 6.16 Å². The van der Waals surface area contributed by atoms with Crippen LogP contribution in [0, 0.1) is 0 Å². The van der Waals surface area contributed by atoms with Crippen LogP contribution in [0.3, 0.4) is 0 Å². The van der Waals surface area contributed by atoms with Crippen molar-refractivity contribution >= 4 is 10.5 Å². The summed E-state index contributed by atoms with van der Waals surface area (Å²) >= 11 is 0. The third-order valence-electron chi connectivity index (χ3n) is 1.32. The molecule has 0 aromatic carbocycles. The van der Waals surface area contributed by atoms with Gasteiger partial charge in [-0.2, -0.15) is 0 Å². The molecule has 0 saturated carbocycles. The first-order chi connectivity index (χ1) is 6.74. The van der Waals surface area contributed by atoms with Crippen molar-refractivity contribution in [2.75, 3.05) is 26.6 Å². The van der Waals surface area contributed by atoms with Crippen molar-refractivity contribution in [1.82, 2.24) is 0 Å². The van der Waals surface area contributed by atoms with E-state index in [1.54, 1.807) is 0 Å². The Hall–Kier alpha value is 0.0169. The number of rotatable bonds is 9. The first-order valence-electron chi connectivity index (χ1n) is 4.79. The molecule has 0 aromatic rings. The maximum absolute atomic E-state index is 5.28. The molecule has 0 fully saturated rings. The van der Waals surface area contributed by atoms with Crippen molar-refractivity contribution in [2.24, 2.45) is 0 Å². The van der Waals surface area contributed by atoms with E-state index in [0.29, 0.717) is 30.3 Å². The minimum Gasteiger partial charge on any atom is -0.406 e. The Morgan fingerprint density at radius 2 is 1.29 bits per heavy atom. The van der Waals surface area contributed by atoms with Gasteiger partial charge in [-0.1, -0.05) is 0 Å². The monoisotopic (exact) mass is 224 g/mol. The fraction of sp³-hybridized carbons (Fsp3) is 1.00. The van der Waals surface area contributed by atoms with Crippen LogP contribution in [-0.2, 0) is 23.4 Å². The van der Waals surface area contributed by atoms with Gasteiger partial charge in [0.05, 0.1) is 19.8 Å². The van der Waals surface area contributed by atoms with Crippen LogP contribution in [0.25, 0.3) is 0 Å². The summed E-state index contributed by atoms with van der Waals surface area (Å²) in [6.07, 6.45) is -1.40. The van der Waals surface area contributed by atoms with Crippen LogP contribution in [0.5, 0.6) is 0 Å². The minimum atomic E-state index is -1.40. The van der Waals surface area contributed by atoms with E-state index in [4.69, 9.17) is 23.4 Å². The molecule has 0 spiro atoms. The predicted octanol–water partition coefficient (Wildman–Crippen LogP) is -0.0217. The summed E-state index contributed by atoms with van der Waals surface area (Å²) in [5.41, 5.74) is 0. The van der Waals surface area contributed by atoms with Gasteiger partial charge in [0, 0.05) is 0 Å². The summed E-state index contributed by atoms with van der Waals surface area (Å²) in [4.78, 5) is 0. The maximum Gasteiger partial charge on any atom is 0.414 e. The van der Waals surface area contributed by atoms with Crippen LogP contribution in [0.2, 0.25) is 0 Å². The molecule has 0 rings (SSSR count). The molecule has 0 aromatic heterocycles. The van der Waals surface area contributed by atoms with Crippen LogP contribution >= 0.6 is 0 Å². The van der Waals surface area contributed by atoms with E-state index in [9.17, 15) is 0 Å². The smallest absolute Gasteiger partial charge is 0.406 e. The molecule has 0 aliphatic carbocycles. The summed E-state index contributed by atoms with van der Waals surface area (Å²) < 4.78 is 26.0. The zero-order chi connectivity index (χ0) is 10.9. The third kappa shape index (κ3) is 5.04. The first-order valence-corrected chi connectivity index (χ1v) is 5.61. The molecular formula is C8H20O5Si. The van der Waals surface area contributed by atoms with Gasteiger partial charge in [0.2, 0.25) is 0 Å². The summed E-state index contributed by atoms with van der Waals surface area (Å²) in [5, 5.41) is 0. The summed E-state index contributed by atoms with van der Waals surface area (Å²) in [7, 11) is 0.603. The minimum absolute atomic E-state index is 0.117. The lowest BCUT2D eigenvalue weighted by Crippen LogP contribution is -2.43. The molecule has 0 saturated heterocycles. The normalized spacial score (nSPS) is 12.2. The van der Waals surface area contributed by atoms with Gasteiger partial charge in [-0.05, 0) is 20.8 Å². The van der Waals surface area contributed by atoms with Gasteiger partial charge in [0.1, 0.15) is 17.3 Å². The van der Waals surface area contributed by atoms with Crippen molar-refractivity contribution < 1.29 is 23.4 Å². The summed E-state index contributed by atoms with van der Waals surface area (Å²) in [5.74, 6) is 0. The number of ether oxygens (including phenoxy) is 4. The van der Waals surface area contributed by atoms with Crippen LogP contribution in [0.15, 0.2) is 0 Å². The highest BCUT2D eigenvalue weighted by molar-refractivity contribution is 5.97. The SMILES string of the molecule is CCOC(OCC)(OCC)OCO[SiH3]. The van der Waals surface area contributed by atoms with E-state index in [0.717, 1.165) is 0 Å². The molecule has 0 atom stereocenters. The summed E-state index contributed by atoms with van der Waals surface area (Å²) in [6, 6.07) is 0. The molecule has 86 valence electrons. The Labute approximate surface area is 88.2 Å². The number of hydrogen-bond donors (Lipinski definition) is 0. The highest BCUT2D eigenvalue weighted by atomic mass is 28.2. The fourth-order valence-corrected chi connectivity index (χ4v) is 1.03. The largest absolute Gasteiger partial charge is 0.414 e. The zero-order valence-electron chi connectivity index (χ0n) is 9.37. The second-order valence-corrected chi connectivity index (χ2v) is 2.93. The van der Waals surface area contributed by atoms with E-state index in [1.165, 1.54) is 0 Å². The van der Waals surface area contributed by atoms with Gasteiger partial charge in [-0.3, -0.25) is 4.74 Å². The topological polar surface area (TPSA) is 46.2 Å². The fourth-order valence-electron chi connectivity index (χ4n) is 0.911. The van der Waals surface area contributed by atoms with Crippen molar-refractivity contribution in [3.05, 3.63) is 0 Å². The Bertz CT molecular complexity index is 116. The lowest BCUT2D eigenvalue weighted by atomic mass is 10.8. The Balaban J connectivity index is 4.21. The average molecular weight is 224 g/mol. The van der Waals surface area contributed by atoms with Gasteiger partial charge in [-0.25, -0.2) is 0 Å². The third-order valence-corrected chi connectivity index (χ3v) is 1.55. The molecule has 0 amide bonds. The molecule has 0 radical (unpaired) electrons. The van der Waals surface area contributed by atoms with Crippen LogP contribution in [-0.4, -0.2) is 43.3 Å². The Morgan fingerprint density at radius 1 is 0.857 bits per heavy atom. The van der Waals surface area contributed by atoms with Gasteiger partial charge in [-0.15, -0.1) is 0 Å². The second-order valence-electron chi connectivity index (χ2n) is 2.35. The van der Waals surface area contributed by atoms with E-state index in [-0.39, 0.29) is 6.79 Å². The molecule has 0 aliphatic rings. The van der Waals surface area contributed by atoms with E-state index in [2.05, 4.69) is 0 Å². The quantitative estimate of drug-likeness (QED) is 0.407. The van der Waals surface area contributed by atoms with E-state index >= 15 is 0 Å². The summed E-state index contributed by atoms with van der Waals surface area (Å²) in [6.45, 7) is 6.99. The zero-order valence-corrected chi connectivity index (χ0v) is 11.4. The lowest BCUT2D eigenvalue weighted by molar-refractivity contribution is -0.504. The molecule has 0 N–H and O–H groups in total.